The second-order valence-corrected chi connectivity index (χ2v) is 6.35. The molecule has 0 unspecified atom stereocenters. The van der Waals surface area contributed by atoms with Crippen molar-refractivity contribution >= 4 is 17.5 Å². The van der Waals surface area contributed by atoms with Crippen LogP contribution < -0.4 is 20.7 Å². The highest BCUT2D eigenvalue weighted by Crippen LogP contribution is 2.20. The normalized spacial score (nSPS) is 14.7. The van der Waals surface area contributed by atoms with Crippen LogP contribution in [-0.2, 0) is 4.79 Å². The van der Waals surface area contributed by atoms with Gasteiger partial charge in [-0.1, -0.05) is 18.2 Å². The third kappa shape index (κ3) is 4.75. The molecule has 26 heavy (non-hydrogen) atoms. The SMILES string of the molecule is NC(=O)COc1ccc(C(=O)NC2CCN(c3ccccc3)CC2)cc1. The van der Waals surface area contributed by atoms with Crippen LogP contribution in [0.5, 0.6) is 5.75 Å². The average Bonchev–Trinajstić information content (AvgIpc) is 2.68. The Kier molecular flexibility index (Phi) is 5.73. The van der Waals surface area contributed by atoms with E-state index in [0.29, 0.717) is 11.3 Å². The van der Waals surface area contributed by atoms with E-state index in [1.165, 1.54) is 5.69 Å². The van der Waals surface area contributed by atoms with E-state index in [0.717, 1.165) is 25.9 Å². The largest absolute Gasteiger partial charge is 0.484 e. The van der Waals surface area contributed by atoms with Gasteiger partial charge in [0.15, 0.2) is 6.61 Å². The number of hydrogen-bond acceptors (Lipinski definition) is 4. The molecule has 1 fully saturated rings. The number of piperidine rings is 1. The standard InChI is InChI=1S/C20H23N3O3/c21-19(24)14-26-18-8-6-15(7-9-18)20(25)22-16-10-12-23(13-11-16)17-4-2-1-3-5-17/h1-9,16H,10-14H2,(H2,21,24)(H,22,25). The van der Waals surface area contributed by atoms with Crippen molar-refractivity contribution in [2.24, 2.45) is 5.73 Å². The highest BCUT2D eigenvalue weighted by molar-refractivity contribution is 5.94. The summed E-state index contributed by atoms with van der Waals surface area (Å²) in [5, 5.41) is 3.10. The van der Waals surface area contributed by atoms with E-state index in [4.69, 9.17) is 10.5 Å². The molecule has 0 aromatic heterocycles. The maximum atomic E-state index is 12.4. The Hall–Kier alpha value is -3.02. The van der Waals surface area contributed by atoms with Crippen molar-refractivity contribution < 1.29 is 14.3 Å². The van der Waals surface area contributed by atoms with Crippen molar-refractivity contribution in [3.63, 3.8) is 0 Å². The van der Waals surface area contributed by atoms with Crippen LogP contribution in [0.4, 0.5) is 5.69 Å². The first-order chi connectivity index (χ1) is 12.6. The number of carbonyl (C=O) groups is 2. The number of nitrogens with zero attached hydrogens (tertiary/aromatic N) is 1. The molecule has 3 N–H and O–H groups in total. The van der Waals surface area contributed by atoms with Crippen LogP contribution in [0.2, 0.25) is 0 Å². The van der Waals surface area contributed by atoms with E-state index >= 15 is 0 Å². The maximum absolute atomic E-state index is 12.4. The lowest BCUT2D eigenvalue weighted by Gasteiger charge is -2.34. The predicted octanol–water partition coefficient (Wildman–Crippen LogP) is 1.95. The molecule has 0 spiro atoms. The van der Waals surface area contributed by atoms with Crippen LogP contribution in [0, 0.1) is 0 Å². The molecule has 136 valence electrons. The molecule has 2 aromatic carbocycles. The molecule has 0 radical (unpaired) electrons. The molecular weight excluding hydrogens is 330 g/mol. The number of carbonyl (C=O) groups excluding carboxylic acids is 2. The summed E-state index contributed by atoms with van der Waals surface area (Å²) in [6, 6.07) is 17.2. The van der Waals surface area contributed by atoms with Crippen molar-refractivity contribution in [2.75, 3.05) is 24.6 Å². The minimum atomic E-state index is -0.534. The van der Waals surface area contributed by atoms with Gasteiger partial charge in [-0.25, -0.2) is 0 Å². The highest BCUT2D eigenvalue weighted by Gasteiger charge is 2.21. The van der Waals surface area contributed by atoms with Crippen molar-refractivity contribution in [2.45, 2.75) is 18.9 Å². The van der Waals surface area contributed by atoms with E-state index < -0.39 is 5.91 Å². The first kappa shape index (κ1) is 17.8. The molecule has 0 saturated carbocycles. The Morgan fingerprint density at radius 1 is 1.04 bits per heavy atom. The smallest absolute Gasteiger partial charge is 0.255 e. The van der Waals surface area contributed by atoms with Crippen molar-refractivity contribution in [3.8, 4) is 5.75 Å². The molecule has 0 atom stereocenters. The lowest BCUT2D eigenvalue weighted by atomic mass is 10.0. The quantitative estimate of drug-likeness (QED) is 0.831. The van der Waals surface area contributed by atoms with E-state index in [9.17, 15) is 9.59 Å². The van der Waals surface area contributed by atoms with Crippen LogP contribution in [0.15, 0.2) is 54.6 Å². The minimum absolute atomic E-state index is 0.0930. The zero-order valence-electron chi connectivity index (χ0n) is 14.6. The number of rotatable bonds is 6. The third-order valence-electron chi connectivity index (χ3n) is 4.45. The predicted molar refractivity (Wildman–Crippen MR) is 100 cm³/mol. The molecule has 3 rings (SSSR count). The minimum Gasteiger partial charge on any atom is -0.484 e. The Bertz CT molecular complexity index is 739. The number of nitrogens with two attached hydrogens (primary N) is 1. The second-order valence-electron chi connectivity index (χ2n) is 6.35. The summed E-state index contributed by atoms with van der Waals surface area (Å²) < 4.78 is 5.19. The van der Waals surface area contributed by atoms with Gasteiger partial charge in [0.25, 0.3) is 11.8 Å². The molecule has 0 aliphatic carbocycles. The van der Waals surface area contributed by atoms with Gasteiger partial charge in [0.05, 0.1) is 0 Å². The summed E-state index contributed by atoms with van der Waals surface area (Å²) >= 11 is 0. The number of para-hydroxylation sites is 1. The fraction of sp³-hybridized carbons (Fsp3) is 0.300. The van der Waals surface area contributed by atoms with Crippen molar-refractivity contribution in [3.05, 3.63) is 60.2 Å². The molecule has 1 aliphatic rings. The van der Waals surface area contributed by atoms with Gasteiger partial charge in [0.1, 0.15) is 5.75 Å². The number of nitrogens with one attached hydrogen (secondary N) is 1. The first-order valence-electron chi connectivity index (χ1n) is 8.74. The molecule has 1 heterocycles. The summed E-state index contributed by atoms with van der Waals surface area (Å²) in [7, 11) is 0. The van der Waals surface area contributed by atoms with Gasteiger partial charge in [-0.3, -0.25) is 9.59 Å². The number of ether oxygens (including phenoxy) is 1. The van der Waals surface area contributed by atoms with E-state index in [-0.39, 0.29) is 18.6 Å². The van der Waals surface area contributed by atoms with Crippen molar-refractivity contribution in [1.29, 1.82) is 0 Å². The molecule has 6 heteroatoms. The van der Waals surface area contributed by atoms with Crippen LogP contribution in [0.1, 0.15) is 23.2 Å². The van der Waals surface area contributed by atoms with Gasteiger partial charge in [-0.2, -0.15) is 0 Å². The van der Waals surface area contributed by atoms with Gasteiger partial charge >= 0.3 is 0 Å². The molecule has 2 aromatic rings. The summed E-state index contributed by atoms with van der Waals surface area (Å²) in [5.41, 5.74) is 6.83. The summed E-state index contributed by atoms with van der Waals surface area (Å²) in [5.74, 6) is -0.116. The fourth-order valence-corrected chi connectivity index (χ4v) is 3.05. The third-order valence-corrected chi connectivity index (χ3v) is 4.45. The zero-order valence-corrected chi connectivity index (χ0v) is 14.6. The molecule has 1 saturated heterocycles. The average molecular weight is 353 g/mol. The number of anilines is 1. The number of amides is 2. The fourth-order valence-electron chi connectivity index (χ4n) is 3.05. The second kappa shape index (κ2) is 8.38. The van der Waals surface area contributed by atoms with Crippen LogP contribution in [-0.4, -0.2) is 37.6 Å². The van der Waals surface area contributed by atoms with Crippen LogP contribution >= 0.6 is 0 Å². The van der Waals surface area contributed by atoms with Gasteiger partial charge in [-0.05, 0) is 49.2 Å². The van der Waals surface area contributed by atoms with Crippen molar-refractivity contribution in [1.82, 2.24) is 5.32 Å². The summed E-state index contributed by atoms with van der Waals surface area (Å²) in [6.07, 6.45) is 1.83. The zero-order chi connectivity index (χ0) is 18.4. The first-order valence-corrected chi connectivity index (χ1v) is 8.74. The Balaban J connectivity index is 1.49. The van der Waals surface area contributed by atoms with E-state index in [1.54, 1.807) is 24.3 Å². The molecule has 1 aliphatic heterocycles. The molecular formula is C20H23N3O3. The van der Waals surface area contributed by atoms with Gasteiger partial charge < -0.3 is 20.7 Å². The van der Waals surface area contributed by atoms with Crippen LogP contribution in [0.25, 0.3) is 0 Å². The van der Waals surface area contributed by atoms with Gasteiger partial charge in [0, 0.05) is 30.4 Å². The number of primary amides is 1. The Morgan fingerprint density at radius 2 is 1.69 bits per heavy atom. The number of hydrogen-bond donors (Lipinski definition) is 2. The van der Waals surface area contributed by atoms with Gasteiger partial charge in [-0.15, -0.1) is 0 Å². The Morgan fingerprint density at radius 3 is 2.31 bits per heavy atom. The maximum Gasteiger partial charge on any atom is 0.255 e. The number of benzene rings is 2. The summed E-state index contributed by atoms with van der Waals surface area (Å²) in [6.45, 7) is 1.68. The molecule has 6 nitrogen and oxygen atoms in total. The van der Waals surface area contributed by atoms with E-state index in [2.05, 4.69) is 22.3 Å². The molecule has 0 bridgehead atoms. The van der Waals surface area contributed by atoms with Crippen LogP contribution in [0.3, 0.4) is 0 Å². The molecule has 2 amide bonds. The topological polar surface area (TPSA) is 84.7 Å². The lowest BCUT2D eigenvalue weighted by Crippen LogP contribution is -2.44. The van der Waals surface area contributed by atoms with Gasteiger partial charge in [0.2, 0.25) is 0 Å². The Labute approximate surface area is 152 Å². The van der Waals surface area contributed by atoms with E-state index in [1.807, 2.05) is 18.2 Å². The lowest BCUT2D eigenvalue weighted by molar-refractivity contribution is -0.119. The monoisotopic (exact) mass is 353 g/mol. The highest BCUT2D eigenvalue weighted by atomic mass is 16.5. The summed E-state index contributed by atoms with van der Waals surface area (Å²) in [4.78, 5) is 25.5.